The molecule has 2 aromatic heterocycles. The lowest BCUT2D eigenvalue weighted by atomic mass is 10.2. The summed E-state index contributed by atoms with van der Waals surface area (Å²) in [7, 11) is 0. The second kappa shape index (κ2) is 4.77. The molecule has 0 aliphatic heterocycles. The van der Waals surface area contributed by atoms with Crippen LogP contribution in [0.4, 0.5) is 5.82 Å². The third kappa shape index (κ3) is 2.42. The zero-order valence-electron chi connectivity index (χ0n) is 9.53. The first-order valence-corrected chi connectivity index (χ1v) is 5.85. The van der Waals surface area contributed by atoms with E-state index in [0.717, 1.165) is 15.7 Å². The molecule has 0 saturated carbocycles. The van der Waals surface area contributed by atoms with E-state index < -0.39 is 0 Å². The number of nitrogen functional groups attached to an aromatic ring is 1. The van der Waals surface area contributed by atoms with Crippen molar-refractivity contribution >= 4 is 21.7 Å². The quantitative estimate of drug-likeness (QED) is 0.656. The third-order valence-corrected chi connectivity index (χ3v) is 2.95. The van der Waals surface area contributed by atoms with Crippen LogP contribution in [-0.2, 0) is 0 Å². The van der Waals surface area contributed by atoms with E-state index in [1.807, 2.05) is 26.0 Å². The van der Waals surface area contributed by atoms with Crippen LogP contribution in [0.1, 0.15) is 11.3 Å². The molecular weight excluding hydrogens is 282 g/mol. The summed E-state index contributed by atoms with van der Waals surface area (Å²) in [6.07, 6.45) is 1.71. The van der Waals surface area contributed by atoms with Crippen molar-refractivity contribution in [3.8, 4) is 11.5 Å². The highest BCUT2D eigenvalue weighted by atomic mass is 79.9. The summed E-state index contributed by atoms with van der Waals surface area (Å²) < 4.78 is 0.919. The number of nitrogens with one attached hydrogen (secondary N) is 1. The number of hydrogen-bond donors (Lipinski definition) is 2. The Morgan fingerprint density at radius 2 is 2.00 bits per heavy atom. The molecule has 2 aromatic rings. The molecule has 0 aliphatic carbocycles. The molecule has 0 bridgehead atoms. The van der Waals surface area contributed by atoms with Gasteiger partial charge in [0.25, 0.3) is 0 Å². The molecule has 6 heteroatoms. The minimum Gasteiger partial charge on any atom is -0.308 e. The Labute approximate surface area is 108 Å². The maximum Gasteiger partial charge on any atom is 0.180 e. The fourth-order valence-electron chi connectivity index (χ4n) is 1.39. The molecule has 2 rings (SSSR count). The van der Waals surface area contributed by atoms with Crippen LogP contribution in [0.3, 0.4) is 0 Å². The van der Waals surface area contributed by atoms with E-state index in [9.17, 15) is 0 Å². The van der Waals surface area contributed by atoms with Crippen molar-refractivity contribution in [3.05, 3.63) is 34.1 Å². The summed E-state index contributed by atoms with van der Waals surface area (Å²) in [6, 6.07) is 3.75. The molecule has 5 nitrogen and oxygen atoms in total. The lowest BCUT2D eigenvalue weighted by Crippen LogP contribution is -2.12. The lowest BCUT2D eigenvalue weighted by molar-refractivity contribution is 1.04. The number of anilines is 1. The highest BCUT2D eigenvalue weighted by Crippen LogP contribution is 2.20. The molecule has 0 radical (unpaired) electrons. The smallest absolute Gasteiger partial charge is 0.180 e. The number of aryl methyl sites for hydroxylation is 1. The zero-order chi connectivity index (χ0) is 12.4. The Balaban J connectivity index is 2.52. The predicted octanol–water partition coefficient (Wildman–Crippen LogP) is 2.20. The minimum atomic E-state index is 0.563. The second-order valence-electron chi connectivity index (χ2n) is 3.61. The Kier molecular flexibility index (Phi) is 3.35. The van der Waals surface area contributed by atoms with Crippen molar-refractivity contribution in [2.24, 2.45) is 5.84 Å². The van der Waals surface area contributed by atoms with Crippen molar-refractivity contribution in [1.82, 2.24) is 15.0 Å². The number of pyridine rings is 1. The van der Waals surface area contributed by atoms with E-state index in [1.54, 1.807) is 6.20 Å². The van der Waals surface area contributed by atoms with Crippen LogP contribution >= 0.6 is 15.9 Å². The average molecular weight is 294 g/mol. The van der Waals surface area contributed by atoms with Crippen LogP contribution in [0.25, 0.3) is 11.5 Å². The number of rotatable bonds is 2. The average Bonchev–Trinajstić information content (AvgIpc) is 2.33. The van der Waals surface area contributed by atoms with Gasteiger partial charge in [0.05, 0.1) is 0 Å². The van der Waals surface area contributed by atoms with E-state index in [0.29, 0.717) is 17.3 Å². The van der Waals surface area contributed by atoms with Crippen molar-refractivity contribution in [2.75, 3.05) is 5.43 Å². The Morgan fingerprint density at radius 1 is 1.24 bits per heavy atom. The maximum absolute atomic E-state index is 5.42. The first kappa shape index (κ1) is 11.9. The van der Waals surface area contributed by atoms with Crippen molar-refractivity contribution in [2.45, 2.75) is 13.8 Å². The van der Waals surface area contributed by atoms with Gasteiger partial charge in [0.15, 0.2) is 5.82 Å². The predicted molar refractivity (Wildman–Crippen MR) is 70.2 cm³/mol. The van der Waals surface area contributed by atoms with E-state index in [-0.39, 0.29) is 0 Å². The van der Waals surface area contributed by atoms with Gasteiger partial charge in [-0.2, -0.15) is 0 Å². The fourth-order valence-corrected chi connectivity index (χ4v) is 1.63. The van der Waals surface area contributed by atoms with Crippen LogP contribution in [0.5, 0.6) is 0 Å². The van der Waals surface area contributed by atoms with Gasteiger partial charge in [-0.05, 0) is 41.9 Å². The Morgan fingerprint density at radius 3 is 2.59 bits per heavy atom. The summed E-state index contributed by atoms with van der Waals surface area (Å²) in [4.78, 5) is 13.0. The van der Waals surface area contributed by atoms with E-state index in [4.69, 9.17) is 5.84 Å². The SMILES string of the molecule is Cc1nc(-c2ccc(Br)cn2)nc(NN)c1C. The Bertz CT molecular complexity index is 538. The minimum absolute atomic E-state index is 0.563. The fraction of sp³-hybridized carbons (Fsp3) is 0.182. The highest BCUT2D eigenvalue weighted by Gasteiger charge is 2.09. The van der Waals surface area contributed by atoms with E-state index in [2.05, 4.69) is 36.3 Å². The number of aromatic nitrogens is 3. The normalized spacial score (nSPS) is 10.4. The first-order valence-electron chi connectivity index (χ1n) is 5.05. The molecule has 0 aliphatic rings. The van der Waals surface area contributed by atoms with Crippen molar-refractivity contribution < 1.29 is 0 Å². The summed E-state index contributed by atoms with van der Waals surface area (Å²) in [5.41, 5.74) is 5.11. The standard InChI is InChI=1S/C11H12BrN5/c1-6-7(2)15-11(16-10(6)17-13)9-4-3-8(12)5-14-9/h3-5H,13H2,1-2H3,(H,15,16,17). The molecular formula is C11H12BrN5. The molecule has 0 amide bonds. The first-order chi connectivity index (χ1) is 8.11. The molecule has 2 heterocycles. The topological polar surface area (TPSA) is 76.7 Å². The van der Waals surface area contributed by atoms with Gasteiger partial charge in [-0.3, -0.25) is 4.98 Å². The monoisotopic (exact) mass is 293 g/mol. The summed E-state index contributed by atoms with van der Waals surface area (Å²) >= 11 is 3.34. The van der Waals surface area contributed by atoms with Crippen molar-refractivity contribution in [3.63, 3.8) is 0 Å². The molecule has 0 unspecified atom stereocenters. The highest BCUT2D eigenvalue weighted by molar-refractivity contribution is 9.10. The maximum atomic E-state index is 5.42. The molecule has 0 saturated heterocycles. The Hall–Kier alpha value is -1.53. The zero-order valence-corrected chi connectivity index (χ0v) is 11.1. The second-order valence-corrected chi connectivity index (χ2v) is 4.53. The third-order valence-electron chi connectivity index (χ3n) is 2.48. The molecule has 0 spiro atoms. The summed E-state index contributed by atoms with van der Waals surface area (Å²) in [6.45, 7) is 3.84. The number of hydrogen-bond acceptors (Lipinski definition) is 5. The van der Waals surface area contributed by atoms with Gasteiger partial charge in [-0.15, -0.1) is 0 Å². The van der Waals surface area contributed by atoms with Crippen LogP contribution in [0.2, 0.25) is 0 Å². The van der Waals surface area contributed by atoms with Gasteiger partial charge in [-0.25, -0.2) is 15.8 Å². The largest absolute Gasteiger partial charge is 0.308 e. The summed E-state index contributed by atoms with van der Waals surface area (Å²) in [5.74, 6) is 6.61. The molecule has 0 atom stereocenters. The van der Waals surface area contributed by atoms with Crippen LogP contribution in [0, 0.1) is 13.8 Å². The number of nitrogens with zero attached hydrogens (tertiary/aromatic N) is 3. The lowest BCUT2D eigenvalue weighted by Gasteiger charge is -2.08. The van der Waals surface area contributed by atoms with Crippen molar-refractivity contribution in [1.29, 1.82) is 0 Å². The van der Waals surface area contributed by atoms with Gasteiger partial charge in [0.2, 0.25) is 0 Å². The van der Waals surface area contributed by atoms with Gasteiger partial charge in [0.1, 0.15) is 11.5 Å². The van der Waals surface area contributed by atoms with Crippen LogP contribution < -0.4 is 11.3 Å². The number of halogens is 1. The van der Waals surface area contributed by atoms with E-state index in [1.165, 1.54) is 0 Å². The number of hydrazine groups is 1. The number of nitrogens with two attached hydrogens (primary N) is 1. The molecule has 88 valence electrons. The van der Waals surface area contributed by atoms with Gasteiger partial charge >= 0.3 is 0 Å². The van der Waals surface area contributed by atoms with Gasteiger partial charge in [-0.1, -0.05) is 0 Å². The van der Waals surface area contributed by atoms with Gasteiger partial charge < -0.3 is 5.43 Å². The summed E-state index contributed by atoms with van der Waals surface area (Å²) in [5, 5.41) is 0. The molecule has 0 aromatic carbocycles. The van der Waals surface area contributed by atoms with Gasteiger partial charge in [0, 0.05) is 21.9 Å². The molecule has 0 fully saturated rings. The van der Waals surface area contributed by atoms with Crippen LogP contribution in [-0.4, -0.2) is 15.0 Å². The molecule has 17 heavy (non-hydrogen) atoms. The molecule has 3 N–H and O–H groups in total. The van der Waals surface area contributed by atoms with E-state index >= 15 is 0 Å². The van der Waals surface area contributed by atoms with Crippen LogP contribution in [0.15, 0.2) is 22.8 Å².